The Morgan fingerprint density at radius 2 is 1.92 bits per heavy atom. The van der Waals surface area contributed by atoms with E-state index >= 15 is 0 Å². The quantitative estimate of drug-likeness (QED) is 0.692. The molecule has 2 aromatic rings. The number of hydrogen-bond donors (Lipinski definition) is 1. The van der Waals surface area contributed by atoms with Crippen LogP contribution in [0.15, 0.2) is 36.4 Å². The summed E-state index contributed by atoms with van der Waals surface area (Å²) in [5, 5.41) is 2.61. The van der Waals surface area contributed by atoms with Crippen molar-refractivity contribution in [2.75, 3.05) is 11.9 Å². The highest BCUT2D eigenvalue weighted by atomic mass is 19.1. The maximum absolute atomic E-state index is 14.0. The van der Waals surface area contributed by atoms with Crippen LogP contribution in [0.4, 0.5) is 10.1 Å². The van der Waals surface area contributed by atoms with E-state index in [4.69, 9.17) is 9.47 Å². The molecular weight excluding hydrogens is 313 g/mol. The summed E-state index contributed by atoms with van der Waals surface area (Å²) in [6.07, 6.45) is 1.29. The highest BCUT2D eigenvalue weighted by Crippen LogP contribution is 2.32. The number of nitrogens with one attached hydrogen (secondary N) is 1. The molecule has 0 spiro atoms. The molecule has 0 bridgehead atoms. The van der Waals surface area contributed by atoms with Gasteiger partial charge in [0.05, 0.1) is 5.69 Å². The largest absolute Gasteiger partial charge is 0.478 e. The third-order valence-corrected chi connectivity index (χ3v) is 3.61. The van der Waals surface area contributed by atoms with Gasteiger partial charge in [0.15, 0.2) is 18.2 Å². The molecule has 124 valence electrons. The van der Waals surface area contributed by atoms with Gasteiger partial charge in [-0.3, -0.25) is 9.59 Å². The van der Waals surface area contributed by atoms with Crippen molar-refractivity contribution >= 4 is 17.6 Å². The summed E-state index contributed by atoms with van der Waals surface area (Å²) < 4.78 is 24.1. The van der Waals surface area contributed by atoms with Gasteiger partial charge >= 0.3 is 5.97 Å². The lowest BCUT2D eigenvalue weighted by Crippen LogP contribution is -2.26. The molecule has 2 aromatic carbocycles. The van der Waals surface area contributed by atoms with Crippen molar-refractivity contribution in [2.45, 2.75) is 19.8 Å². The third-order valence-electron chi connectivity index (χ3n) is 3.61. The molecule has 0 aromatic heterocycles. The molecular formula is C18H16FNO4. The summed E-state index contributed by atoms with van der Waals surface area (Å²) in [6.45, 7) is 1.18. The number of carbonyl (C=O) groups is 2. The fraction of sp³-hybridized carbons (Fsp3) is 0.222. The summed E-state index contributed by atoms with van der Waals surface area (Å²) in [5.74, 6) is -0.556. The van der Waals surface area contributed by atoms with Gasteiger partial charge in [0, 0.05) is 6.92 Å². The number of halogens is 1. The first-order valence-corrected chi connectivity index (χ1v) is 7.54. The van der Waals surface area contributed by atoms with Gasteiger partial charge in [0.2, 0.25) is 0 Å². The number of anilines is 1. The van der Waals surface area contributed by atoms with E-state index in [1.54, 1.807) is 18.2 Å². The lowest BCUT2D eigenvalue weighted by molar-refractivity contribution is -0.131. The van der Waals surface area contributed by atoms with E-state index in [0.29, 0.717) is 24.3 Å². The van der Waals surface area contributed by atoms with Crippen LogP contribution >= 0.6 is 0 Å². The van der Waals surface area contributed by atoms with Gasteiger partial charge in [-0.15, -0.1) is 0 Å². The molecule has 1 aliphatic heterocycles. The zero-order valence-electron chi connectivity index (χ0n) is 13.1. The normalized spacial score (nSPS) is 12.8. The summed E-state index contributed by atoms with van der Waals surface area (Å²) in [5.41, 5.74) is 2.16. The van der Waals surface area contributed by atoms with Crippen molar-refractivity contribution in [3.63, 3.8) is 0 Å². The Labute approximate surface area is 138 Å². The van der Waals surface area contributed by atoms with Crippen LogP contribution in [0.25, 0.3) is 0 Å². The minimum atomic E-state index is -0.479. The van der Waals surface area contributed by atoms with E-state index in [9.17, 15) is 14.0 Å². The Hall–Kier alpha value is -2.89. The Balaban J connectivity index is 1.68. The van der Waals surface area contributed by atoms with E-state index in [1.807, 2.05) is 12.1 Å². The van der Waals surface area contributed by atoms with Gasteiger partial charge in [0.25, 0.3) is 5.91 Å². The number of rotatable bonds is 4. The SMILES string of the molecule is CC(=O)Oc1ccc(CCc2cc(F)c3c(c2)NC(=O)CO3)cc1. The van der Waals surface area contributed by atoms with Crippen LogP contribution in [0.2, 0.25) is 0 Å². The molecule has 5 nitrogen and oxygen atoms in total. The number of amides is 1. The lowest BCUT2D eigenvalue weighted by atomic mass is 10.0. The first kappa shape index (κ1) is 16.0. The van der Waals surface area contributed by atoms with Crippen molar-refractivity contribution < 1.29 is 23.5 Å². The maximum atomic E-state index is 14.0. The molecule has 0 atom stereocenters. The van der Waals surface area contributed by atoms with E-state index in [2.05, 4.69) is 5.32 Å². The lowest BCUT2D eigenvalue weighted by Gasteiger charge is -2.19. The van der Waals surface area contributed by atoms with Crippen molar-refractivity contribution in [1.29, 1.82) is 0 Å². The van der Waals surface area contributed by atoms with Crippen LogP contribution in [0.1, 0.15) is 18.1 Å². The van der Waals surface area contributed by atoms with Crippen molar-refractivity contribution in [1.82, 2.24) is 0 Å². The van der Waals surface area contributed by atoms with Gasteiger partial charge in [0.1, 0.15) is 5.75 Å². The van der Waals surface area contributed by atoms with Crippen LogP contribution in [-0.4, -0.2) is 18.5 Å². The molecule has 1 heterocycles. The standard InChI is InChI=1S/C18H16FNO4/c1-11(21)24-14-6-4-12(5-7-14)2-3-13-8-15(19)18-16(9-13)20-17(22)10-23-18/h4-9H,2-3,10H2,1H3,(H,20,22). The Bertz CT molecular complexity index is 786. The van der Waals surface area contributed by atoms with Crippen LogP contribution in [0, 0.1) is 5.82 Å². The molecule has 1 aliphatic rings. The molecule has 24 heavy (non-hydrogen) atoms. The molecule has 0 unspecified atom stereocenters. The van der Waals surface area contributed by atoms with Crippen LogP contribution in [0.3, 0.4) is 0 Å². The second-order valence-electron chi connectivity index (χ2n) is 5.53. The number of fused-ring (bicyclic) bond motifs is 1. The van der Waals surface area contributed by atoms with Crippen LogP contribution in [0.5, 0.6) is 11.5 Å². The molecule has 3 rings (SSSR count). The Kier molecular flexibility index (Phi) is 4.46. The molecule has 1 amide bonds. The van der Waals surface area contributed by atoms with E-state index in [-0.39, 0.29) is 24.2 Å². The monoisotopic (exact) mass is 329 g/mol. The fourth-order valence-electron chi connectivity index (χ4n) is 2.54. The molecule has 0 radical (unpaired) electrons. The summed E-state index contributed by atoms with van der Waals surface area (Å²) in [7, 11) is 0. The molecule has 0 saturated carbocycles. The Morgan fingerprint density at radius 1 is 1.21 bits per heavy atom. The number of carbonyl (C=O) groups excluding carboxylic acids is 2. The second kappa shape index (κ2) is 6.70. The van der Waals surface area contributed by atoms with E-state index in [1.165, 1.54) is 13.0 Å². The first-order valence-electron chi connectivity index (χ1n) is 7.54. The topological polar surface area (TPSA) is 64.6 Å². The minimum absolute atomic E-state index is 0.0871. The van der Waals surface area contributed by atoms with Crippen molar-refractivity contribution in [3.8, 4) is 11.5 Å². The number of esters is 1. The van der Waals surface area contributed by atoms with Crippen LogP contribution in [-0.2, 0) is 22.4 Å². The van der Waals surface area contributed by atoms with Crippen LogP contribution < -0.4 is 14.8 Å². The first-order chi connectivity index (χ1) is 11.5. The number of aryl methyl sites for hydroxylation is 2. The predicted octanol–water partition coefficient (Wildman–Crippen LogP) is 2.87. The zero-order chi connectivity index (χ0) is 17.1. The zero-order valence-corrected chi connectivity index (χ0v) is 13.1. The predicted molar refractivity (Wildman–Crippen MR) is 85.7 cm³/mol. The smallest absolute Gasteiger partial charge is 0.308 e. The molecule has 0 saturated heterocycles. The highest BCUT2D eigenvalue weighted by Gasteiger charge is 2.20. The summed E-state index contributed by atoms with van der Waals surface area (Å²) in [4.78, 5) is 22.2. The van der Waals surface area contributed by atoms with E-state index < -0.39 is 5.82 Å². The third kappa shape index (κ3) is 3.71. The van der Waals surface area contributed by atoms with Gasteiger partial charge < -0.3 is 14.8 Å². The number of ether oxygens (including phenoxy) is 2. The Morgan fingerprint density at radius 3 is 2.62 bits per heavy atom. The van der Waals surface area contributed by atoms with Crippen molar-refractivity contribution in [2.24, 2.45) is 0 Å². The second-order valence-corrected chi connectivity index (χ2v) is 5.53. The highest BCUT2D eigenvalue weighted by molar-refractivity contribution is 5.95. The molecule has 0 fully saturated rings. The number of benzene rings is 2. The molecule has 6 heteroatoms. The average Bonchev–Trinajstić information content (AvgIpc) is 2.53. The summed E-state index contributed by atoms with van der Waals surface area (Å²) in [6, 6.07) is 10.3. The molecule has 1 N–H and O–H groups in total. The summed E-state index contributed by atoms with van der Waals surface area (Å²) >= 11 is 0. The average molecular weight is 329 g/mol. The van der Waals surface area contributed by atoms with Crippen molar-refractivity contribution in [3.05, 3.63) is 53.3 Å². The number of hydrogen-bond acceptors (Lipinski definition) is 4. The van der Waals surface area contributed by atoms with Gasteiger partial charge in [-0.25, -0.2) is 4.39 Å². The minimum Gasteiger partial charge on any atom is -0.478 e. The van der Waals surface area contributed by atoms with Gasteiger partial charge in [-0.1, -0.05) is 12.1 Å². The molecule has 0 aliphatic carbocycles. The fourth-order valence-corrected chi connectivity index (χ4v) is 2.54. The van der Waals surface area contributed by atoms with E-state index in [0.717, 1.165) is 11.1 Å². The van der Waals surface area contributed by atoms with Gasteiger partial charge in [-0.05, 0) is 48.2 Å². The van der Waals surface area contributed by atoms with Gasteiger partial charge in [-0.2, -0.15) is 0 Å². The maximum Gasteiger partial charge on any atom is 0.308 e.